The summed E-state index contributed by atoms with van der Waals surface area (Å²) in [4.78, 5) is 3.97. The van der Waals surface area contributed by atoms with Crippen LogP contribution in [-0.2, 0) is 0 Å². The van der Waals surface area contributed by atoms with Gasteiger partial charge in [0.15, 0.2) is 0 Å². The predicted molar refractivity (Wildman–Crippen MR) is 55.1 cm³/mol. The van der Waals surface area contributed by atoms with Gasteiger partial charge in [0.2, 0.25) is 0 Å². The maximum Gasteiger partial charge on any atom is 0.0537 e. The van der Waals surface area contributed by atoms with E-state index < -0.39 is 0 Å². The van der Waals surface area contributed by atoms with Gasteiger partial charge in [0.05, 0.1) is 5.38 Å². The highest BCUT2D eigenvalue weighted by Gasteiger charge is 2.24. The van der Waals surface area contributed by atoms with Gasteiger partial charge >= 0.3 is 0 Å². The minimum absolute atomic E-state index is 0.285. The molecule has 1 N–H and O–H groups in total. The molecule has 2 atom stereocenters. The van der Waals surface area contributed by atoms with Gasteiger partial charge < -0.3 is 5.32 Å². The Kier molecular flexibility index (Phi) is 2.69. The first kappa shape index (κ1) is 8.82. The second-order valence-corrected chi connectivity index (χ2v) is 3.99. The third-order valence-corrected chi connectivity index (χ3v) is 2.99. The van der Waals surface area contributed by atoms with Gasteiger partial charge in [-0.3, -0.25) is 4.98 Å². The van der Waals surface area contributed by atoms with Gasteiger partial charge in [0.25, 0.3) is 0 Å². The molecule has 1 aromatic rings. The van der Waals surface area contributed by atoms with Crippen molar-refractivity contribution in [2.75, 3.05) is 5.32 Å². The average Bonchev–Trinajstić information content (AvgIpc) is 2.54. The zero-order valence-electron chi connectivity index (χ0n) is 7.41. The van der Waals surface area contributed by atoms with Gasteiger partial charge in [0.1, 0.15) is 0 Å². The van der Waals surface area contributed by atoms with Crippen LogP contribution in [0.4, 0.5) is 5.69 Å². The molecule has 13 heavy (non-hydrogen) atoms. The van der Waals surface area contributed by atoms with Crippen molar-refractivity contribution in [1.29, 1.82) is 0 Å². The van der Waals surface area contributed by atoms with Crippen LogP contribution in [0, 0.1) is 0 Å². The standard InChI is InChI=1S/C10H13ClN2/c11-9-2-1-3-10(9)13-8-4-6-12-7-5-8/h4-7,9-10H,1-3H2,(H,12,13). The fourth-order valence-corrected chi connectivity index (χ4v) is 2.08. The molecule has 1 aliphatic carbocycles. The number of anilines is 1. The van der Waals surface area contributed by atoms with E-state index in [0.717, 1.165) is 12.1 Å². The van der Waals surface area contributed by atoms with Crippen molar-refractivity contribution in [1.82, 2.24) is 4.98 Å². The Balaban J connectivity index is 1.98. The maximum atomic E-state index is 6.15. The lowest BCUT2D eigenvalue weighted by molar-refractivity contribution is 0.761. The second kappa shape index (κ2) is 3.97. The van der Waals surface area contributed by atoms with Crippen molar-refractivity contribution in [2.45, 2.75) is 30.7 Å². The van der Waals surface area contributed by atoms with E-state index in [2.05, 4.69) is 10.3 Å². The summed E-state index contributed by atoms with van der Waals surface area (Å²) in [5, 5.41) is 3.70. The summed E-state index contributed by atoms with van der Waals surface area (Å²) in [5.41, 5.74) is 1.12. The molecule has 1 aliphatic rings. The Morgan fingerprint density at radius 1 is 1.31 bits per heavy atom. The van der Waals surface area contributed by atoms with Gasteiger partial charge in [-0.1, -0.05) is 0 Å². The molecule has 0 saturated heterocycles. The fourth-order valence-electron chi connectivity index (χ4n) is 1.74. The largest absolute Gasteiger partial charge is 0.381 e. The van der Waals surface area contributed by atoms with E-state index in [1.165, 1.54) is 12.8 Å². The molecule has 1 fully saturated rings. The first-order valence-corrected chi connectivity index (χ1v) is 5.10. The summed E-state index contributed by atoms with van der Waals surface area (Å²) in [5.74, 6) is 0. The molecule has 0 radical (unpaired) electrons. The normalized spacial score (nSPS) is 27.5. The Hall–Kier alpha value is -0.760. The van der Waals surface area contributed by atoms with E-state index in [1.807, 2.05) is 12.1 Å². The summed E-state index contributed by atoms with van der Waals surface area (Å²) in [6.07, 6.45) is 7.12. The van der Waals surface area contributed by atoms with E-state index in [0.29, 0.717) is 6.04 Å². The van der Waals surface area contributed by atoms with Crippen LogP contribution in [0.25, 0.3) is 0 Å². The Bertz CT molecular complexity index is 263. The molecule has 2 nitrogen and oxygen atoms in total. The highest BCUT2D eigenvalue weighted by Crippen LogP contribution is 2.26. The number of rotatable bonds is 2. The topological polar surface area (TPSA) is 24.9 Å². The first-order chi connectivity index (χ1) is 6.36. The number of alkyl halides is 1. The quantitative estimate of drug-likeness (QED) is 0.736. The number of hydrogen-bond donors (Lipinski definition) is 1. The minimum Gasteiger partial charge on any atom is -0.381 e. The maximum absolute atomic E-state index is 6.15. The second-order valence-electron chi connectivity index (χ2n) is 3.43. The van der Waals surface area contributed by atoms with Crippen LogP contribution >= 0.6 is 11.6 Å². The van der Waals surface area contributed by atoms with Crippen LogP contribution in [-0.4, -0.2) is 16.4 Å². The molecule has 3 heteroatoms. The first-order valence-electron chi connectivity index (χ1n) is 4.67. The third-order valence-electron chi connectivity index (χ3n) is 2.46. The van der Waals surface area contributed by atoms with Gasteiger partial charge in [0, 0.05) is 24.1 Å². The zero-order valence-corrected chi connectivity index (χ0v) is 8.17. The molecular formula is C10H13ClN2. The number of nitrogens with one attached hydrogen (secondary N) is 1. The number of pyridine rings is 1. The Morgan fingerprint density at radius 2 is 2.08 bits per heavy atom. The van der Waals surface area contributed by atoms with Crippen LogP contribution in [0.1, 0.15) is 19.3 Å². The molecule has 0 aliphatic heterocycles. The van der Waals surface area contributed by atoms with Crippen molar-refractivity contribution in [3.8, 4) is 0 Å². The third kappa shape index (κ3) is 2.13. The average molecular weight is 197 g/mol. The monoisotopic (exact) mass is 196 g/mol. The molecule has 1 heterocycles. The van der Waals surface area contributed by atoms with E-state index in [1.54, 1.807) is 12.4 Å². The highest BCUT2D eigenvalue weighted by atomic mass is 35.5. The highest BCUT2D eigenvalue weighted by molar-refractivity contribution is 6.21. The number of halogens is 1. The number of nitrogens with zero attached hydrogens (tertiary/aromatic N) is 1. The number of aromatic nitrogens is 1. The van der Waals surface area contributed by atoms with Crippen molar-refractivity contribution in [2.24, 2.45) is 0 Å². The van der Waals surface area contributed by atoms with Crippen LogP contribution in [0.3, 0.4) is 0 Å². The molecule has 2 unspecified atom stereocenters. The summed E-state index contributed by atoms with van der Waals surface area (Å²) >= 11 is 6.15. The van der Waals surface area contributed by atoms with Gasteiger partial charge in [-0.05, 0) is 31.4 Å². The molecule has 0 amide bonds. The van der Waals surface area contributed by atoms with E-state index in [9.17, 15) is 0 Å². The molecule has 0 aromatic carbocycles. The molecule has 0 bridgehead atoms. The van der Waals surface area contributed by atoms with Crippen molar-refractivity contribution >= 4 is 17.3 Å². The summed E-state index contributed by atoms with van der Waals surface area (Å²) in [7, 11) is 0. The lowest BCUT2D eigenvalue weighted by Gasteiger charge is -2.16. The van der Waals surface area contributed by atoms with Crippen LogP contribution in [0.5, 0.6) is 0 Å². The molecule has 1 saturated carbocycles. The Labute approximate surface area is 83.3 Å². The van der Waals surface area contributed by atoms with Gasteiger partial charge in [-0.15, -0.1) is 11.6 Å². The zero-order chi connectivity index (χ0) is 9.10. The van der Waals surface area contributed by atoms with E-state index in [-0.39, 0.29) is 5.38 Å². The lowest BCUT2D eigenvalue weighted by atomic mass is 10.2. The van der Waals surface area contributed by atoms with Crippen molar-refractivity contribution in [3.63, 3.8) is 0 Å². The van der Waals surface area contributed by atoms with Crippen LogP contribution in [0.15, 0.2) is 24.5 Å². The summed E-state index contributed by atoms with van der Waals surface area (Å²) in [6.45, 7) is 0. The Morgan fingerprint density at radius 3 is 2.69 bits per heavy atom. The van der Waals surface area contributed by atoms with Gasteiger partial charge in [-0.2, -0.15) is 0 Å². The van der Waals surface area contributed by atoms with Crippen molar-refractivity contribution < 1.29 is 0 Å². The van der Waals surface area contributed by atoms with E-state index >= 15 is 0 Å². The van der Waals surface area contributed by atoms with Crippen LogP contribution < -0.4 is 5.32 Å². The fraction of sp³-hybridized carbons (Fsp3) is 0.500. The molecule has 0 spiro atoms. The smallest absolute Gasteiger partial charge is 0.0537 e. The minimum atomic E-state index is 0.285. The van der Waals surface area contributed by atoms with Crippen LogP contribution in [0.2, 0.25) is 0 Å². The SMILES string of the molecule is ClC1CCCC1Nc1ccncc1. The summed E-state index contributed by atoms with van der Waals surface area (Å²) in [6, 6.07) is 4.38. The molecule has 1 aromatic heterocycles. The predicted octanol–water partition coefficient (Wildman–Crippen LogP) is 2.65. The van der Waals surface area contributed by atoms with E-state index in [4.69, 9.17) is 11.6 Å². The van der Waals surface area contributed by atoms with Crippen molar-refractivity contribution in [3.05, 3.63) is 24.5 Å². The number of hydrogen-bond acceptors (Lipinski definition) is 2. The van der Waals surface area contributed by atoms with Gasteiger partial charge in [-0.25, -0.2) is 0 Å². The molecular weight excluding hydrogens is 184 g/mol. The molecule has 2 rings (SSSR count). The summed E-state index contributed by atoms with van der Waals surface area (Å²) < 4.78 is 0. The molecule has 70 valence electrons. The lowest BCUT2D eigenvalue weighted by Crippen LogP contribution is -2.23.